The molecule has 0 spiro atoms. The average molecular weight is 641 g/mol. The second-order valence-corrected chi connectivity index (χ2v) is 19.3. The van der Waals surface area contributed by atoms with E-state index in [9.17, 15) is 14.7 Å². The molecular weight excluding hydrogens is 580 g/mol. The van der Waals surface area contributed by atoms with E-state index in [2.05, 4.69) is 89.1 Å². The Kier molecular flexibility index (Phi) is 7.34. The number of para-hydroxylation sites is 1. The Morgan fingerprint density at radius 2 is 1.66 bits per heavy atom. The van der Waals surface area contributed by atoms with Crippen LogP contribution in [0.4, 0.5) is 0 Å². The number of carbonyl (C=O) groups is 2. The zero-order valence-corrected chi connectivity index (χ0v) is 30.6. The number of fused-ring (bicyclic) bond motifs is 10. The lowest BCUT2D eigenvalue weighted by atomic mass is 9.33. The summed E-state index contributed by atoms with van der Waals surface area (Å²) in [6.07, 6.45) is 12.4. The molecule has 5 heteroatoms. The minimum absolute atomic E-state index is 0.00200. The summed E-state index contributed by atoms with van der Waals surface area (Å²) in [5.74, 6) is 0.599. The minimum atomic E-state index is -0.914. The van der Waals surface area contributed by atoms with Gasteiger partial charge in [0.1, 0.15) is 6.04 Å². The van der Waals surface area contributed by atoms with Gasteiger partial charge in [-0.15, -0.1) is 0 Å². The van der Waals surface area contributed by atoms with E-state index in [1.165, 1.54) is 40.6 Å². The molecule has 7 rings (SSSR count). The molecule has 5 aliphatic rings. The van der Waals surface area contributed by atoms with E-state index in [0.717, 1.165) is 44.9 Å². The van der Waals surface area contributed by atoms with Gasteiger partial charge in [0.15, 0.2) is 0 Å². The third-order valence-electron chi connectivity index (χ3n) is 15.6. The molecule has 0 bridgehead atoms. The van der Waals surface area contributed by atoms with Gasteiger partial charge in [-0.25, -0.2) is 4.79 Å². The number of nitrogens with one attached hydrogen (secondary N) is 2. The maximum Gasteiger partial charge on any atom is 0.326 e. The molecule has 3 fully saturated rings. The van der Waals surface area contributed by atoms with Crippen molar-refractivity contribution in [1.29, 1.82) is 0 Å². The van der Waals surface area contributed by atoms with Crippen molar-refractivity contribution in [3.05, 3.63) is 47.2 Å². The Labute approximate surface area is 283 Å². The van der Waals surface area contributed by atoms with Crippen LogP contribution in [0.25, 0.3) is 10.9 Å². The predicted octanol–water partition coefficient (Wildman–Crippen LogP) is 9.60. The molecule has 8 atom stereocenters. The highest BCUT2D eigenvalue weighted by Crippen LogP contribution is 2.75. The lowest BCUT2D eigenvalue weighted by Crippen LogP contribution is -2.65. The van der Waals surface area contributed by atoms with Crippen molar-refractivity contribution in [2.24, 2.45) is 50.7 Å². The van der Waals surface area contributed by atoms with E-state index in [1.807, 2.05) is 13.8 Å². The number of carbonyl (C=O) groups excluding carboxylic acids is 1. The van der Waals surface area contributed by atoms with Gasteiger partial charge in [-0.3, -0.25) is 4.79 Å². The summed E-state index contributed by atoms with van der Waals surface area (Å²) >= 11 is 0. The Morgan fingerprint density at radius 3 is 2.36 bits per heavy atom. The van der Waals surface area contributed by atoms with Crippen LogP contribution in [0.1, 0.15) is 131 Å². The monoisotopic (exact) mass is 640 g/mol. The molecule has 256 valence electrons. The molecule has 47 heavy (non-hydrogen) atoms. The number of allylic oxidation sites excluding steroid dienone is 2. The summed E-state index contributed by atoms with van der Waals surface area (Å²) in [4.78, 5) is 30.7. The van der Waals surface area contributed by atoms with E-state index >= 15 is 0 Å². The first kappa shape index (κ1) is 33.0. The standard InChI is InChI=1S/C42H60N2O3/c1-25(2)22-31(35(45)46)44-36(47)42-20-18-37(3,4)24-29(42)28-14-15-33-39(7)23-27-26-12-10-11-13-30(26)43-34(27)38(5,6)32(39)16-17-41(33,9)40(28,8)19-21-42/h10-14,25,29,31-33,43H,15-24H2,1-9H3,(H,44,47)(H,45,46)/t29-,31-,32-,33+,39-,40+,41+,42-/m0/s1. The summed E-state index contributed by atoms with van der Waals surface area (Å²) in [5.41, 5.74) is 5.81. The zero-order chi connectivity index (χ0) is 33.9. The van der Waals surface area contributed by atoms with Gasteiger partial charge in [-0.1, -0.05) is 92.2 Å². The summed E-state index contributed by atoms with van der Waals surface area (Å²) in [6, 6.07) is 8.08. The number of rotatable bonds is 5. The number of aromatic nitrogens is 1. The van der Waals surface area contributed by atoms with Gasteiger partial charge in [0.05, 0.1) is 5.41 Å². The molecule has 5 nitrogen and oxygen atoms in total. The van der Waals surface area contributed by atoms with E-state index in [-0.39, 0.29) is 44.8 Å². The summed E-state index contributed by atoms with van der Waals surface area (Å²) in [6.45, 7) is 21.7. The van der Waals surface area contributed by atoms with Crippen LogP contribution in [0.3, 0.4) is 0 Å². The number of aliphatic carboxylic acids is 1. The van der Waals surface area contributed by atoms with Crippen molar-refractivity contribution in [2.45, 2.75) is 138 Å². The Hall–Kier alpha value is -2.56. The van der Waals surface area contributed by atoms with Crippen molar-refractivity contribution in [3.63, 3.8) is 0 Å². The third-order valence-corrected chi connectivity index (χ3v) is 15.6. The van der Waals surface area contributed by atoms with Gasteiger partial charge in [0.2, 0.25) is 5.91 Å². The van der Waals surface area contributed by atoms with Gasteiger partial charge >= 0.3 is 5.97 Å². The molecule has 5 aliphatic carbocycles. The van der Waals surface area contributed by atoms with Crippen LogP contribution in [-0.2, 0) is 21.4 Å². The number of hydrogen-bond donors (Lipinski definition) is 3. The number of H-pyrrole nitrogens is 1. The number of carboxylic acids is 1. The lowest BCUT2D eigenvalue weighted by Gasteiger charge is -2.70. The molecule has 2 aromatic rings. The van der Waals surface area contributed by atoms with Gasteiger partial charge < -0.3 is 15.4 Å². The normalized spacial score (nSPS) is 39.0. The maximum absolute atomic E-state index is 14.5. The van der Waals surface area contributed by atoms with Crippen LogP contribution >= 0.6 is 0 Å². The SMILES string of the molecule is CC(C)C[C@H](NC(=O)[C@]12CCC(C)(C)C[C@H]1C1=CC[C@@H]3[C@@]4(C)Cc5c([nH]c6ccccc56)C(C)(C)[C@@H]4CC[C@@]3(C)[C@]1(C)CC2)C(=O)O. The van der Waals surface area contributed by atoms with Gasteiger partial charge in [0, 0.05) is 22.0 Å². The van der Waals surface area contributed by atoms with E-state index in [0.29, 0.717) is 18.3 Å². The van der Waals surface area contributed by atoms with Crippen LogP contribution in [0.2, 0.25) is 0 Å². The van der Waals surface area contributed by atoms with Gasteiger partial charge in [0.25, 0.3) is 0 Å². The minimum Gasteiger partial charge on any atom is -0.480 e. The quantitative estimate of drug-likeness (QED) is 0.285. The molecule has 1 aromatic heterocycles. The van der Waals surface area contributed by atoms with Crippen molar-refractivity contribution in [3.8, 4) is 0 Å². The van der Waals surface area contributed by atoms with Gasteiger partial charge in [-0.2, -0.15) is 0 Å². The third kappa shape index (κ3) is 4.52. The fourth-order valence-electron chi connectivity index (χ4n) is 12.9. The van der Waals surface area contributed by atoms with Crippen molar-refractivity contribution < 1.29 is 14.7 Å². The molecule has 0 unspecified atom stereocenters. The zero-order valence-electron chi connectivity index (χ0n) is 30.6. The van der Waals surface area contributed by atoms with Crippen LogP contribution < -0.4 is 5.32 Å². The van der Waals surface area contributed by atoms with Crippen molar-refractivity contribution in [2.75, 3.05) is 0 Å². The topological polar surface area (TPSA) is 82.2 Å². The van der Waals surface area contributed by atoms with Crippen LogP contribution in [0, 0.1) is 50.7 Å². The van der Waals surface area contributed by atoms with Crippen molar-refractivity contribution >= 4 is 22.8 Å². The molecule has 1 heterocycles. The highest BCUT2D eigenvalue weighted by atomic mass is 16.4. The number of benzene rings is 1. The molecule has 0 radical (unpaired) electrons. The first-order valence-corrected chi connectivity index (χ1v) is 18.7. The Bertz CT molecular complexity index is 1650. The second kappa shape index (κ2) is 10.5. The first-order valence-electron chi connectivity index (χ1n) is 18.7. The average Bonchev–Trinajstić information content (AvgIpc) is 3.35. The molecular formula is C42H60N2O3. The molecule has 0 aliphatic heterocycles. The molecule has 0 saturated heterocycles. The number of aromatic amines is 1. The Balaban J connectivity index is 1.29. The summed E-state index contributed by atoms with van der Waals surface area (Å²) < 4.78 is 0. The maximum atomic E-state index is 14.5. The van der Waals surface area contributed by atoms with Crippen molar-refractivity contribution in [1.82, 2.24) is 10.3 Å². The highest BCUT2D eigenvalue weighted by molar-refractivity contribution is 5.88. The summed E-state index contributed by atoms with van der Waals surface area (Å²) in [5, 5.41) is 14.6. The fourth-order valence-corrected chi connectivity index (χ4v) is 12.9. The molecule has 3 N–H and O–H groups in total. The van der Waals surface area contributed by atoms with E-state index in [4.69, 9.17) is 0 Å². The smallest absolute Gasteiger partial charge is 0.326 e. The van der Waals surface area contributed by atoms with E-state index < -0.39 is 17.4 Å². The number of carboxylic acid groups (broad SMARTS) is 1. The van der Waals surface area contributed by atoms with Crippen LogP contribution in [0.5, 0.6) is 0 Å². The summed E-state index contributed by atoms with van der Waals surface area (Å²) in [7, 11) is 0. The van der Waals surface area contributed by atoms with E-state index in [1.54, 1.807) is 0 Å². The van der Waals surface area contributed by atoms with Crippen LogP contribution in [0.15, 0.2) is 35.9 Å². The van der Waals surface area contributed by atoms with Gasteiger partial charge in [-0.05, 0) is 121 Å². The highest BCUT2D eigenvalue weighted by Gasteiger charge is 2.69. The Morgan fingerprint density at radius 1 is 0.957 bits per heavy atom. The molecule has 1 amide bonds. The first-order chi connectivity index (χ1) is 21.9. The van der Waals surface area contributed by atoms with Crippen LogP contribution in [-0.4, -0.2) is 28.0 Å². The predicted molar refractivity (Wildman–Crippen MR) is 190 cm³/mol. The lowest BCUT2D eigenvalue weighted by molar-refractivity contribution is -0.168. The molecule has 3 saturated carbocycles. The largest absolute Gasteiger partial charge is 0.480 e. The fraction of sp³-hybridized carbons (Fsp3) is 0.714. The number of amides is 1. The molecule has 1 aromatic carbocycles. The number of hydrogen-bond acceptors (Lipinski definition) is 2. The second-order valence-electron chi connectivity index (χ2n) is 19.3.